The van der Waals surface area contributed by atoms with Crippen LogP contribution in [0.3, 0.4) is 0 Å². The first kappa shape index (κ1) is 26.3. The van der Waals surface area contributed by atoms with E-state index in [0.29, 0.717) is 0 Å². The molecule has 0 bridgehead atoms. The van der Waals surface area contributed by atoms with E-state index in [-0.39, 0.29) is 0 Å². The van der Waals surface area contributed by atoms with Crippen LogP contribution in [-0.2, 0) is 0 Å². The minimum atomic E-state index is 1.11. The molecule has 1 heterocycles. The van der Waals surface area contributed by atoms with Gasteiger partial charge in [0.15, 0.2) is 0 Å². The van der Waals surface area contributed by atoms with Crippen LogP contribution in [0.15, 0.2) is 182 Å². The predicted molar refractivity (Wildman–Crippen MR) is 196 cm³/mol. The molecule has 8 aromatic carbocycles. The van der Waals surface area contributed by atoms with E-state index in [4.69, 9.17) is 0 Å². The first-order valence-corrected chi connectivity index (χ1v) is 15.8. The van der Waals surface area contributed by atoms with E-state index in [9.17, 15) is 0 Å². The molecule has 0 saturated heterocycles. The number of fused-ring (bicyclic) bond motifs is 5. The van der Waals surface area contributed by atoms with Gasteiger partial charge in [0.05, 0.1) is 22.4 Å². The number of aromatic nitrogens is 1. The van der Waals surface area contributed by atoms with Gasteiger partial charge in [-0.2, -0.15) is 0 Å². The predicted octanol–water partition coefficient (Wildman–Crippen LogP) is 12.2. The highest BCUT2D eigenvalue weighted by Gasteiger charge is 2.20. The molecule has 2 heteroatoms. The normalized spacial score (nSPS) is 11.5. The summed E-state index contributed by atoms with van der Waals surface area (Å²) in [5, 5.41) is 7.42. The van der Waals surface area contributed by atoms with Gasteiger partial charge >= 0.3 is 0 Å². The van der Waals surface area contributed by atoms with Crippen molar-refractivity contribution in [1.82, 2.24) is 4.57 Å². The maximum absolute atomic E-state index is 2.44. The fraction of sp³-hybridized carbons (Fsp3) is 0. The third-order valence-corrected chi connectivity index (χ3v) is 9.14. The molecule has 0 spiro atoms. The highest BCUT2D eigenvalue weighted by molar-refractivity contribution is 6.11. The zero-order valence-corrected chi connectivity index (χ0v) is 25.2. The van der Waals surface area contributed by atoms with Gasteiger partial charge < -0.3 is 9.47 Å². The number of anilines is 3. The third kappa shape index (κ3) is 4.19. The lowest BCUT2D eigenvalue weighted by Gasteiger charge is -2.27. The minimum Gasteiger partial charge on any atom is -0.310 e. The van der Waals surface area contributed by atoms with Crippen LogP contribution in [0.2, 0.25) is 0 Å². The van der Waals surface area contributed by atoms with Gasteiger partial charge in [-0.15, -0.1) is 0 Å². The first-order valence-electron chi connectivity index (χ1n) is 15.8. The second kappa shape index (κ2) is 10.8. The van der Waals surface area contributed by atoms with Crippen molar-refractivity contribution < 1.29 is 0 Å². The molecule has 0 unspecified atom stereocenters. The van der Waals surface area contributed by atoms with Gasteiger partial charge in [-0.3, -0.25) is 0 Å². The Morgan fingerprint density at radius 1 is 0.370 bits per heavy atom. The fourth-order valence-electron chi connectivity index (χ4n) is 7.14. The van der Waals surface area contributed by atoms with E-state index in [2.05, 4.69) is 191 Å². The van der Waals surface area contributed by atoms with Crippen molar-refractivity contribution in [2.45, 2.75) is 0 Å². The molecule has 0 fully saturated rings. The second-order valence-corrected chi connectivity index (χ2v) is 11.8. The van der Waals surface area contributed by atoms with Crippen molar-refractivity contribution in [3.8, 4) is 16.8 Å². The maximum atomic E-state index is 2.44. The number of benzene rings is 8. The lowest BCUT2D eigenvalue weighted by atomic mass is 9.95. The van der Waals surface area contributed by atoms with E-state index >= 15 is 0 Å². The number of rotatable bonds is 5. The zero-order chi connectivity index (χ0) is 30.5. The molecule has 2 nitrogen and oxygen atoms in total. The number of para-hydroxylation sites is 3. The fourth-order valence-corrected chi connectivity index (χ4v) is 7.14. The summed E-state index contributed by atoms with van der Waals surface area (Å²) in [6.45, 7) is 0. The summed E-state index contributed by atoms with van der Waals surface area (Å²) < 4.78 is 2.44. The van der Waals surface area contributed by atoms with Crippen LogP contribution in [0.4, 0.5) is 17.1 Å². The molecule has 0 aliphatic heterocycles. The van der Waals surface area contributed by atoms with E-state index in [1.807, 2.05) is 0 Å². The second-order valence-electron chi connectivity index (χ2n) is 11.8. The average Bonchev–Trinajstić information content (AvgIpc) is 3.46. The molecule has 1 aromatic heterocycles. The Hall–Kier alpha value is -6.12. The summed E-state index contributed by atoms with van der Waals surface area (Å²) in [6.07, 6.45) is 0. The van der Waals surface area contributed by atoms with Crippen molar-refractivity contribution in [1.29, 1.82) is 0 Å². The lowest BCUT2D eigenvalue weighted by Crippen LogP contribution is -2.10. The Bertz CT molecular complexity index is 2480. The Labute approximate surface area is 268 Å². The van der Waals surface area contributed by atoms with Gasteiger partial charge in [-0.25, -0.2) is 0 Å². The molecule has 0 amide bonds. The van der Waals surface area contributed by atoms with Gasteiger partial charge in [0, 0.05) is 33.1 Å². The minimum absolute atomic E-state index is 1.11. The maximum Gasteiger partial charge on any atom is 0.0547 e. The largest absolute Gasteiger partial charge is 0.310 e. The van der Waals surface area contributed by atoms with Crippen LogP contribution in [-0.4, -0.2) is 4.57 Å². The monoisotopic (exact) mass is 586 g/mol. The smallest absolute Gasteiger partial charge is 0.0547 e. The molecule has 0 radical (unpaired) electrons. The highest BCUT2D eigenvalue weighted by atomic mass is 15.1. The third-order valence-electron chi connectivity index (χ3n) is 9.14. The number of hydrogen-bond acceptors (Lipinski definition) is 1. The quantitative estimate of drug-likeness (QED) is 0.195. The molecule has 9 aromatic rings. The summed E-state index contributed by atoms with van der Waals surface area (Å²) >= 11 is 0. The van der Waals surface area contributed by atoms with Gasteiger partial charge in [0.1, 0.15) is 0 Å². The molecule has 0 saturated carbocycles. The summed E-state index contributed by atoms with van der Waals surface area (Å²) in [7, 11) is 0. The van der Waals surface area contributed by atoms with Crippen LogP contribution in [0, 0.1) is 0 Å². The Morgan fingerprint density at radius 3 is 1.65 bits per heavy atom. The SMILES string of the molecule is c1ccc(N(c2cccc(-c3c(-n4c5ccccc5c5ccccc54)ccc4ccccc34)c2)c2cccc3ccccc23)cc1. The molecule has 216 valence electrons. The van der Waals surface area contributed by atoms with Crippen LogP contribution >= 0.6 is 0 Å². The summed E-state index contributed by atoms with van der Waals surface area (Å²) in [6, 6.07) is 65.7. The molecule has 0 aliphatic carbocycles. The highest BCUT2D eigenvalue weighted by Crippen LogP contribution is 2.43. The standard InChI is InChI=1S/C44H30N2/c1-2-18-34(19-3-1)45(40-27-13-16-31-14-4-6-21-36(31)40)35-20-12-17-33(30-35)44-37-22-7-5-15-32(37)28-29-43(44)46-41-25-10-8-23-38(41)39-24-9-11-26-42(39)46/h1-30H. The van der Waals surface area contributed by atoms with Crippen LogP contribution in [0.5, 0.6) is 0 Å². The van der Waals surface area contributed by atoms with Gasteiger partial charge in [0.2, 0.25) is 0 Å². The average molecular weight is 587 g/mol. The Kier molecular flexibility index (Phi) is 6.17. The Balaban J connectivity index is 1.33. The van der Waals surface area contributed by atoms with Crippen LogP contribution in [0.25, 0.3) is 60.2 Å². The molecule has 9 rings (SSSR count). The van der Waals surface area contributed by atoms with E-state index < -0.39 is 0 Å². The summed E-state index contributed by atoms with van der Waals surface area (Å²) in [5.74, 6) is 0. The Morgan fingerprint density at radius 2 is 0.913 bits per heavy atom. The van der Waals surface area contributed by atoms with Crippen LogP contribution < -0.4 is 4.90 Å². The van der Waals surface area contributed by atoms with E-state index in [1.165, 1.54) is 60.2 Å². The molecule has 0 N–H and O–H groups in total. The van der Waals surface area contributed by atoms with E-state index in [0.717, 1.165) is 17.1 Å². The molecular formula is C44H30N2. The molecule has 46 heavy (non-hydrogen) atoms. The van der Waals surface area contributed by atoms with Crippen molar-refractivity contribution in [3.05, 3.63) is 182 Å². The molecular weight excluding hydrogens is 556 g/mol. The summed E-state index contributed by atoms with van der Waals surface area (Å²) in [4.78, 5) is 2.39. The zero-order valence-electron chi connectivity index (χ0n) is 25.2. The topological polar surface area (TPSA) is 8.17 Å². The number of hydrogen-bond donors (Lipinski definition) is 0. The molecule has 0 atom stereocenters. The van der Waals surface area contributed by atoms with Gasteiger partial charge in [-0.05, 0) is 70.3 Å². The summed E-state index contributed by atoms with van der Waals surface area (Å²) in [5.41, 5.74) is 9.37. The van der Waals surface area contributed by atoms with Crippen LogP contribution in [0.1, 0.15) is 0 Å². The molecule has 0 aliphatic rings. The lowest BCUT2D eigenvalue weighted by molar-refractivity contribution is 1.19. The van der Waals surface area contributed by atoms with Gasteiger partial charge in [0.25, 0.3) is 0 Å². The first-order chi connectivity index (χ1) is 22.8. The number of nitrogens with zero attached hydrogens (tertiary/aromatic N) is 2. The van der Waals surface area contributed by atoms with Crippen molar-refractivity contribution in [2.75, 3.05) is 4.90 Å². The van der Waals surface area contributed by atoms with Crippen molar-refractivity contribution >= 4 is 60.4 Å². The van der Waals surface area contributed by atoms with Crippen molar-refractivity contribution in [3.63, 3.8) is 0 Å². The van der Waals surface area contributed by atoms with E-state index in [1.54, 1.807) is 0 Å². The van der Waals surface area contributed by atoms with Crippen molar-refractivity contribution in [2.24, 2.45) is 0 Å². The van der Waals surface area contributed by atoms with Gasteiger partial charge in [-0.1, -0.05) is 133 Å².